The van der Waals surface area contributed by atoms with Gasteiger partial charge in [-0.25, -0.2) is 0 Å². The van der Waals surface area contributed by atoms with Gasteiger partial charge in [0.2, 0.25) is 0 Å². The minimum absolute atomic E-state index is 0.326. The molecule has 0 saturated carbocycles. The van der Waals surface area contributed by atoms with Gasteiger partial charge in [0.1, 0.15) is 0 Å². The van der Waals surface area contributed by atoms with Crippen LogP contribution < -0.4 is 0 Å². The molecular weight excluding hydrogens is 288 g/mol. The molecule has 0 spiro atoms. The van der Waals surface area contributed by atoms with Crippen LogP contribution in [0, 0.1) is 0 Å². The average molecular weight is 322 g/mol. The Kier molecular flexibility index (Phi) is 11.6. The molecule has 23 heavy (non-hydrogen) atoms. The highest BCUT2D eigenvalue weighted by Gasteiger charge is 2.35. The topological polar surface area (TPSA) is 49.8 Å². The van der Waals surface area contributed by atoms with Crippen LogP contribution in [-0.2, 0) is 9.53 Å². The molecule has 1 saturated heterocycles. The van der Waals surface area contributed by atoms with E-state index in [-0.39, 0.29) is 0 Å². The van der Waals surface area contributed by atoms with Crippen molar-refractivity contribution in [3.05, 3.63) is 24.3 Å². The zero-order valence-corrected chi connectivity index (χ0v) is 14.7. The van der Waals surface area contributed by atoms with Gasteiger partial charge in [0.25, 0.3) is 0 Å². The monoisotopic (exact) mass is 322 g/mol. The van der Waals surface area contributed by atoms with E-state index < -0.39 is 5.97 Å². The van der Waals surface area contributed by atoms with Gasteiger partial charge < -0.3 is 9.84 Å². The maximum atomic E-state index is 10.4. The molecule has 0 amide bonds. The van der Waals surface area contributed by atoms with Crippen molar-refractivity contribution in [1.82, 2.24) is 0 Å². The molecule has 0 bridgehead atoms. The van der Waals surface area contributed by atoms with Crippen LogP contribution in [0.5, 0.6) is 0 Å². The molecule has 1 aliphatic heterocycles. The van der Waals surface area contributed by atoms with E-state index in [1.165, 1.54) is 38.5 Å². The SMILES string of the molecule is CCC1OC1C/C=C\C/C=C\CCCCCCCCCC(=O)O. The molecule has 1 rings (SSSR count). The molecule has 3 heteroatoms. The van der Waals surface area contributed by atoms with Gasteiger partial charge in [-0.1, -0.05) is 63.3 Å². The molecule has 1 aliphatic rings. The number of aliphatic carboxylic acids is 1. The quantitative estimate of drug-likeness (QED) is 0.241. The first-order valence-electron chi connectivity index (χ1n) is 9.41. The fourth-order valence-corrected chi connectivity index (χ4v) is 2.79. The second-order valence-corrected chi connectivity index (χ2v) is 6.44. The Morgan fingerprint density at radius 3 is 2.22 bits per heavy atom. The molecule has 3 nitrogen and oxygen atoms in total. The van der Waals surface area contributed by atoms with E-state index in [0.29, 0.717) is 18.6 Å². The summed E-state index contributed by atoms with van der Waals surface area (Å²) in [6, 6.07) is 0. The van der Waals surface area contributed by atoms with Crippen LogP contribution in [0.25, 0.3) is 0 Å². The van der Waals surface area contributed by atoms with Crippen LogP contribution >= 0.6 is 0 Å². The first-order chi connectivity index (χ1) is 11.2. The molecule has 1 N–H and O–H groups in total. The first kappa shape index (κ1) is 20.0. The largest absolute Gasteiger partial charge is 0.481 e. The summed E-state index contributed by atoms with van der Waals surface area (Å²) in [6.45, 7) is 2.18. The third-order valence-electron chi connectivity index (χ3n) is 4.33. The Morgan fingerprint density at radius 1 is 0.913 bits per heavy atom. The first-order valence-corrected chi connectivity index (χ1v) is 9.41. The summed E-state index contributed by atoms with van der Waals surface area (Å²) in [5.41, 5.74) is 0. The Labute approximate surface area is 141 Å². The van der Waals surface area contributed by atoms with E-state index >= 15 is 0 Å². The lowest BCUT2D eigenvalue weighted by molar-refractivity contribution is -0.137. The highest BCUT2D eigenvalue weighted by atomic mass is 16.6. The molecule has 132 valence electrons. The molecule has 0 radical (unpaired) electrons. The fraction of sp³-hybridized carbons (Fsp3) is 0.750. The van der Waals surface area contributed by atoms with Gasteiger partial charge in [-0.2, -0.15) is 0 Å². The third kappa shape index (κ3) is 12.1. The van der Waals surface area contributed by atoms with E-state index in [9.17, 15) is 4.79 Å². The highest BCUT2D eigenvalue weighted by Crippen LogP contribution is 2.28. The zero-order chi connectivity index (χ0) is 16.8. The lowest BCUT2D eigenvalue weighted by Gasteiger charge is -2.00. The average Bonchev–Trinajstić information content (AvgIpc) is 3.29. The predicted octanol–water partition coefficient (Wildman–Crippen LogP) is 5.65. The van der Waals surface area contributed by atoms with Crippen molar-refractivity contribution in [2.24, 2.45) is 0 Å². The summed E-state index contributed by atoms with van der Waals surface area (Å²) in [5.74, 6) is -0.669. The Morgan fingerprint density at radius 2 is 1.57 bits per heavy atom. The molecule has 1 heterocycles. The lowest BCUT2D eigenvalue weighted by Crippen LogP contribution is -1.93. The summed E-state index contributed by atoms with van der Waals surface area (Å²) < 4.78 is 5.49. The number of rotatable bonds is 15. The summed E-state index contributed by atoms with van der Waals surface area (Å²) in [4.78, 5) is 10.4. The number of hydrogen-bond donors (Lipinski definition) is 1. The summed E-state index contributed by atoms with van der Waals surface area (Å²) in [6.07, 6.45) is 22.9. The number of epoxide rings is 1. The Hall–Kier alpha value is -1.09. The number of carboxylic acids is 1. The maximum Gasteiger partial charge on any atom is 0.303 e. The molecule has 0 aromatic carbocycles. The van der Waals surface area contributed by atoms with Gasteiger partial charge in [0.05, 0.1) is 12.2 Å². The van der Waals surface area contributed by atoms with Crippen molar-refractivity contribution in [2.75, 3.05) is 0 Å². The Bertz CT molecular complexity index is 360. The maximum absolute atomic E-state index is 10.4. The van der Waals surface area contributed by atoms with E-state index in [0.717, 1.165) is 32.1 Å². The van der Waals surface area contributed by atoms with Crippen molar-refractivity contribution < 1.29 is 14.6 Å². The van der Waals surface area contributed by atoms with Crippen LogP contribution in [0.3, 0.4) is 0 Å². The number of ether oxygens (including phenoxy) is 1. The van der Waals surface area contributed by atoms with Crippen LogP contribution in [-0.4, -0.2) is 23.3 Å². The zero-order valence-electron chi connectivity index (χ0n) is 14.7. The molecule has 1 fully saturated rings. The minimum Gasteiger partial charge on any atom is -0.481 e. The second kappa shape index (κ2) is 13.4. The van der Waals surface area contributed by atoms with Gasteiger partial charge in [0, 0.05) is 6.42 Å². The van der Waals surface area contributed by atoms with Gasteiger partial charge in [0.15, 0.2) is 0 Å². The number of unbranched alkanes of at least 4 members (excludes halogenated alkanes) is 7. The number of carboxylic acid groups (broad SMARTS) is 1. The molecule has 2 atom stereocenters. The third-order valence-corrected chi connectivity index (χ3v) is 4.33. The number of carbonyl (C=O) groups is 1. The van der Waals surface area contributed by atoms with Crippen molar-refractivity contribution in [3.8, 4) is 0 Å². The van der Waals surface area contributed by atoms with Crippen molar-refractivity contribution in [2.45, 2.75) is 96.2 Å². The number of allylic oxidation sites excluding steroid dienone is 3. The second-order valence-electron chi connectivity index (χ2n) is 6.44. The normalized spacial score (nSPS) is 20.6. The lowest BCUT2D eigenvalue weighted by atomic mass is 10.1. The molecule has 0 aromatic rings. The van der Waals surface area contributed by atoms with Crippen LogP contribution in [0.1, 0.15) is 84.0 Å². The van der Waals surface area contributed by atoms with Crippen molar-refractivity contribution in [1.29, 1.82) is 0 Å². The minimum atomic E-state index is -0.669. The fourth-order valence-electron chi connectivity index (χ4n) is 2.79. The van der Waals surface area contributed by atoms with Gasteiger partial charge in [-0.15, -0.1) is 0 Å². The van der Waals surface area contributed by atoms with Gasteiger partial charge in [-0.05, 0) is 38.5 Å². The standard InChI is InChI=1S/C20H34O3/c1-2-18-19(23-18)16-14-12-10-8-6-4-3-5-7-9-11-13-15-17-20(21)22/h6,8,12,14,18-19H,2-5,7,9-11,13,15-17H2,1H3,(H,21,22)/b8-6-,14-12-. The molecular formula is C20H34O3. The van der Waals surface area contributed by atoms with E-state index in [2.05, 4.69) is 31.2 Å². The highest BCUT2D eigenvalue weighted by molar-refractivity contribution is 5.66. The smallest absolute Gasteiger partial charge is 0.303 e. The van der Waals surface area contributed by atoms with Gasteiger partial charge in [-0.3, -0.25) is 4.79 Å². The van der Waals surface area contributed by atoms with Crippen LogP contribution in [0.4, 0.5) is 0 Å². The van der Waals surface area contributed by atoms with Gasteiger partial charge >= 0.3 is 5.97 Å². The van der Waals surface area contributed by atoms with E-state index in [1.54, 1.807) is 0 Å². The molecule has 0 aliphatic carbocycles. The van der Waals surface area contributed by atoms with Crippen molar-refractivity contribution >= 4 is 5.97 Å². The van der Waals surface area contributed by atoms with E-state index in [4.69, 9.17) is 9.84 Å². The summed E-state index contributed by atoms with van der Waals surface area (Å²) in [5, 5.41) is 8.54. The van der Waals surface area contributed by atoms with E-state index in [1.807, 2.05) is 0 Å². The summed E-state index contributed by atoms with van der Waals surface area (Å²) >= 11 is 0. The molecule has 0 aromatic heterocycles. The predicted molar refractivity (Wildman–Crippen MR) is 95.7 cm³/mol. The Balaban J connectivity index is 1.77. The summed E-state index contributed by atoms with van der Waals surface area (Å²) in [7, 11) is 0. The number of hydrogen-bond acceptors (Lipinski definition) is 2. The van der Waals surface area contributed by atoms with Crippen molar-refractivity contribution in [3.63, 3.8) is 0 Å². The van der Waals surface area contributed by atoms with Crippen LogP contribution in [0.15, 0.2) is 24.3 Å². The molecule has 2 unspecified atom stereocenters. The van der Waals surface area contributed by atoms with Crippen LogP contribution in [0.2, 0.25) is 0 Å².